The van der Waals surface area contributed by atoms with Gasteiger partial charge in [-0.1, -0.05) is 6.08 Å². The highest BCUT2D eigenvalue weighted by molar-refractivity contribution is 9.10. The quantitative estimate of drug-likeness (QED) is 0.504. The average molecular weight is 271 g/mol. The number of nitrogens with two attached hydrogens (primary N) is 1. The van der Waals surface area contributed by atoms with Crippen molar-refractivity contribution in [3.05, 3.63) is 34.2 Å². The first-order valence-electron chi connectivity index (χ1n) is 5.21. The highest BCUT2D eigenvalue weighted by Crippen LogP contribution is 2.31. The van der Waals surface area contributed by atoms with Crippen molar-refractivity contribution in [2.24, 2.45) is 5.84 Å². The zero-order chi connectivity index (χ0) is 10.7. The maximum atomic E-state index is 5.58. The predicted octanol–water partition coefficient (Wildman–Crippen LogP) is 3.05. The molecule has 15 heavy (non-hydrogen) atoms. The Morgan fingerprint density at radius 2 is 2.27 bits per heavy atom. The molecule has 0 aliphatic heterocycles. The SMILES string of the molecule is NNC(C1=CCCCC1)c1ccc(Br)o1. The molecule has 1 unspecified atom stereocenters. The lowest BCUT2D eigenvalue weighted by atomic mass is 9.93. The summed E-state index contributed by atoms with van der Waals surface area (Å²) in [5.41, 5.74) is 4.16. The molecule has 3 N–H and O–H groups in total. The Morgan fingerprint density at radius 1 is 1.40 bits per heavy atom. The van der Waals surface area contributed by atoms with Gasteiger partial charge in [0.1, 0.15) is 5.76 Å². The summed E-state index contributed by atoms with van der Waals surface area (Å²) in [6.07, 6.45) is 7.04. The lowest BCUT2D eigenvalue weighted by Crippen LogP contribution is -2.29. The first kappa shape index (κ1) is 10.9. The van der Waals surface area contributed by atoms with E-state index in [0.29, 0.717) is 0 Å². The second-order valence-electron chi connectivity index (χ2n) is 3.77. The van der Waals surface area contributed by atoms with Crippen molar-refractivity contribution in [2.75, 3.05) is 0 Å². The molecule has 1 aliphatic carbocycles. The van der Waals surface area contributed by atoms with Crippen molar-refractivity contribution in [1.82, 2.24) is 5.43 Å². The van der Waals surface area contributed by atoms with Gasteiger partial charge < -0.3 is 4.42 Å². The minimum absolute atomic E-state index is 0.0246. The normalized spacial score (nSPS) is 18.7. The molecular formula is C11H15BrN2O. The molecule has 82 valence electrons. The number of rotatable bonds is 3. The standard InChI is InChI=1S/C11H15BrN2O/c12-10-7-6-9(15-10)11(14-13)8-4-2-1-3-5-8/h4,6-7,11,14H,1-3,5,13H2. The molecule has 0 aromatic carbocycles. The number of halogens is 1. The van der Waals surface area contributed by atoms with Crippen LogP contribution in [0.25, 0.3) is 0 Å². The summed E-state index contributed by atoms with van der Waals surface area (Å²) in [5.74, 6) is 6.45. The molecule has 0 spiro atoms. The van der Waals surface area contributed by atoms with Crippen LogP contribution in [0.3, 0.4) is 0 Å². The van der Waals surface area contributed by atoms with Crippen molar-refractivity contribution in [3.8, 4) is 0 Å². The van der Waals surface area contributed by atoms with Gasteiger partial charge in [-0.3, -0.25) is 5.84 Å². The van der Waals surface area contributed by atoms with Gasteiger partial charge >= 0.3 is 0 Å². The lowest BCUT2D eigenvalue weighted by molar-refractivity contribution is 0.423. The predicted molar refractivity (Wildman–Crippen MR) is 63.0 cm³/mol. The van der Waals surface area contributed by atoms with Crippen LogP contribution in [-0.2, 0) is 0 Å². The fraction of sp³-hybridized carbons (Fsp3) is 0.455. The Hall–Kier alpha value is -0.580. The Kier molecular flexibility index (Phi) is 3.61. The van der Waals surface area contributed by atoms with Crippen LogP contribution in [0.1, 0.15) is 37.5 Å². The van der Waals surface area contributed by atoms with Gasteiger partial charge in [-0.05, 0) is 59.3 Å². The smallest absolute Gasteiger partial charge is 0.169 e. The van der Waals surface area contributed by atoms with E-state index in [-0.39, 0.29) is 6.04 Å². The van der Waals surface area contributed by atoms with Crippen LogP contribution in [0.5, 0.6) is 0 Å². The molecule has 0 fully saturated rings. The molecule has 4 heteroatoms. The summed E-state index contributed by atoms with van der Waals surface area (Å²) in [4.78, 5) is 0. The monoisotopic (exact) mass is 270 g/mol. The third-order valence-electron chi connectivity index (χ3n) is 2.74. The zero-order valence-corrected chi connectivity index (χ0v) is 10.1. The summed E-state index contributed by atoms with van der Waals surface area (Å²) in [7, 11) is 0. The number of hydrazine groups is 1. The van der Waals surface area contributed by atoms with Gasteiger partial charge in [-0.25, -0.2) is 5.43 Å². The minimum Gasteiger partial charge on any atom is -0.452 e. The second kappa shape index (κ2) is 4.96. The van der Waals surface area contributed by atoms with E-state index < -0.39 is 0 Å². The summed E-state index contributed by atoms with van der Waals surface area (Å²) < 4.78 is 6.27. The molecule has 1 aromatic rings. The molecule has 0 amide bonds. The van der Waals surface area contributed by atoms with Gasteiger partial charge in [0, 0.05) is 0 Å². The number of nitrogens with one attached hydrogen (secondary N) is 1. The highest BCUT2D eigenvalue weighted by atomic mass is 79.9. The maximum absolute atomic E-state index is 5.58. The lowest BCUT2D eigenvalue weighted by Gasteiger charge is -2.20. The third kappa shape index (κ3) is 2.51. The number of hydrogen-bond donors (Lipinski definition) is 2. The van der Waals surface area contributed by atoms with E-state index in [4.69, 9.17) is 10.3 Å². The average Bonchev–Trinajstić information content (AvgIpc) is 2.68. The first-order chi connectivity index (χ1) is 7.31. The van der Waals surface area contributed by atoms with Crippen LogP contribution in [-0.4, -0.2) is 0 Å². The number of furan rings is 1. The Morgan fingerprint density at radius 3 is 2.80 bits per heavy atom. The molecule has 1 heterocycles. The van der Waals surface area contributed by atoms with Crippen LogP contribution in [0, 0.1) is 0 Å². The summed E-state index contributed by atoms with van der Waals surface area (Å²) >= 11 is 3.30. The van der Waals surface area contributed by atoms with Gasteiger partial charge in [0.25, 0.3) is 0 Å². The van der Waals surface area contributed by atoms with E-state index in [2.05, 4.69) is 27.4 Å². The fourth-order valence-corrected chi connectivity index (χ4v) is 2.30. The van der Waals surface area contributed by atoms with E-state index in [1.807, 2.05) is 12.1 Å². The number of hydrogen-bond acceptors (Lipinski definition) is 3. The molecule has 1 aromatic heterocycles. The van der Waals surface area contributed by atoms with E-state index >= 15 is 0 Å². The molecular weight excluding hydrogens is 256 g/mol. The van der Waals surface area contributed by atoms with Gasteiger partial charge in [0.15, 0.2) is 4.67 Å². The molecule has 1 aliphatic rings. The van der Waals surface area contributed by atoms with Gasteiger partial charge in [-0.15, -0.1) is 0 Å². The van der Waals surface area contributed by atoms with E-state index in [9.17, 15) is 0 Å². The van der Waals surface area contributed by atoms with Crippen molar-refractivity contribution in [3.63, 3.8) is 0 Å². The highest BCUT2D eigenvalue weighted by Gasteiger charge is 2.19. The zero-order valence-electron chi connectivity index (χ0n) is 8.50. The van der Waals surface area contributed by atoms with Crippen molar-refractivity contribution < 1.29 is 4.42 Å². The molecule has 1 atom stereocenters. The fourth-order valence-electron chi connectivity index (χ4n) is 1.98. The van der Waals surface area contributed by atoms with Crippen LogP contribution in [0.4, 0.5) is 0 Å². The third-order valence-corrected chi connectivity index (χ3v) is 3.17. The van der Waals surface area contributed by atoms with Crippen molar-refractivity contribution in [1.29, 1.82) is 0 Å². The van der Waals surface area contributed by atoms with Crippen LogP contribution >= 0.6 is 15.9 Å². The topological polar surface area (TPSA) is 51.2 Å². The van der Waals surface area contributed by atoms with E-state index in [1.54, 1.807) is 0 Å². The molecule has 0 bridgehead atoms. The minimum atomic E-state index is 0.0246. The van der Waals surface area contributed by atoms with Gasteiger partial charge in [0.05, 0.1) is 6.04 Å². The van der Waals surface area contributed by atoms with E-state index in [1.165, 1.54) is 18.4 Å². The number of allylic oxidation sites excluding steroid dienone is 1. The molecule has 2 rings (SSSR count). The largest absolute Gasteiger partial charge is 0.452 e. The molecule has 3 nitrogen and oxygen atoms in total. The van der Waals surface area contributed by atoms with Gasteiger partial charge in [-0.2, -0.15) is 0 Å². The molecule has 0 saturated carbocycles. The van der Waals surface area contributed by atoms with Crippen molar-refractivity contribution >= 4 is 15.9 Å². The Labute approximate surface area is 97.8 Å². The van der Waals surface area contributed by atoms with E-state index in [0.717, 1.165) is 23.3 Å². The molecule has 0 saturated heterocycles. The van der Waals surface area contributed by atoms with Crippen LogP contribution in [0.2, 0.25) is 0 Å². The first-order valence-corrected chi connectivity index (χ1v) is 6.01. The van der Waals surface area contributed by atoms with Crippen LogP contribution < -0.4 is 11.3 Å². The second-order valence-corrected chi connectivity index (χ2v) is 4.55. The Bertz CT molecular complexity index is 359. The molecule has 0 radical (unpaired) electrons. The summed E-state index contributed by atoms with van der Waals surface area (Å²) in [5, 5.41) is 0. The van der Waals surface area contributed by atoms with Gasteiger partial charge in [0.2, 0.25) is 0 Å². The summed E-state index contributed by atoms with van der Waals surface area (Å²) in [6.45, 7) is 0. The Balaban J connectivity index is 2.19. The van der Waals surface area contributed by atoms with Crippen LogP contribution in [0.15, 0.2) is 32.9 Å². The maximum Gasteiger partial charge on any atom is 0.169 e. The summed E-state index contributed by atoms with van der Waals surface area (Å²) in [6, 6.07) is 3.87. The van der Waals surface area contributed by atoms with Crippen molar-refractivity contribution in [2.45, 2.75) is 31.7 Å².